The van der Waals surface area contributed by atoms with Gasteiger partial charge in [0.05, 0.1) is 0 Å². The van der Waals surface area contributed by atoms with Gasteiger partial charge in [0.25, 0.3) is 0 Å². The van der Waals surface area contributed by atoms with E-state index in [1.807, 2.05) is 0 Å². The molecule has 6 heteroatoms. The molecule has 6 heavy (non-hydrogen) atoms. The van der Waals surface area contributed by atoms with Gasteiger partial charge >= 0.3 is 29.4 Å². The van der Waals surface area contributed by atoms with Gasteiger partial charge in [-0.1, -0.05) is 0 Å². The van der Waals surface area contributed by atoms with Crippen LogP contribution in [0.25, 0.3) is 0 Å². The molecule has 1 radical (unpaired) electrons. The fraction of sp³-hybridized carbons (Fsp3) is 0. The van der Waals surface area contributed by atoms with E-state index in [2.05, 4.69) is 0 Å². The Morgan fingerprint density at radius 2 is 1.17 bits per heavy atom. The van der Waals surface area contributed by atoms with Crippen molar-refractivity contribution in [2.24, 2.45) is 0 Å². The first-order valence-corrected chi connectivity index (χ1v) is 3.63. The van der Waals surface area contributed by atoms with Crippen molar-refractivity contribution < 1.29 is 35.5 Å². The molecule has 0 fully saturated rings. The summed E-state index contributed by atoms with van der Waals surface area (Å²) >= 11 is -5.25. The molecule has 0 saturated heterocycles. The largest absolute Gasteiger partial charge is 0 e. The van der Waals surface area contributed by atoms with Crippen molar-refractivity contribution in [3.8, 4) is 0 Å². The van der Waals surface area contributed by atoms with E-state index in [1.165, 1.54) is 0 Å². The van der Waals surface area contributed by atoms with Gasteiger partial charge in [0.1, 0.15) is 0 Å². The third-order valence-corrected chi connectivity index (χ3v) is 0. The van der Waals surface area contributed by atoms with Gasteiger partial charge in [-0.15, -0.1) is 0 Å². The van der Waals surface area contributed by atoms with Gasteiger partial charge in [-0.25, -0.2) is 0 Å². The maximum Gasteiger partial charge on any atom is 0 e. The minimum absolute atomic E-state index is 0. The minimum atomic E-state index is -5.25. The summed E-state index contributed by atoms with van der Waals surface area (Å²) in [5.41, 5.74) is 0. The van der Waals surface area contributed by atoms with E-state index >= 15 is 0 Å². The van der Waals surface area contributed by atoms with Crippen LogP contribution in [0.2, 0.25) is 0 Å². The van der Waals surface area contributed by atoms with Crippen molar-refractivity contribution in [2.45, 2.75) is 0 Å². The maximum atomic E-state index is 8.82. The molecule has 0 heterocycles. The predicted molar refractivity (Wildman–Crippen MR) is 11.6 cm³/mol. The van der Waals surface area contributed by atoms with Crippen molar-refractivity contribution in [1.29, 1.82) is 0 Å². The van der Waals surface area contributed by atoms with Crippen LogP contribution in [0.5, 0.6) is 0 Å². The third-order valence-electron chi connectivity index (χ3n) is 0. The average molecular weight is 248 g/mol. The zero-order valence-electron chi connectivity index (χ0n) is 2.45. The predicted octanol–water partition coefficient (Wildman–Crippen LogP) is -1.73. The van der Waals surface area contributed by atoms with Crippen molar-refractivity contribution in [1.82, 2.24) is 0 Å². The van der Waals surface area contributed by atoms with E-state index in [1.54, 1.807) is 0 Å². The fourth-order valence-electron chi connectivity index (χ4n) is 0. The Hall–Kier alpha value is 0.663. The van der Waals surface area contributed by atoms with Crippen LogP contribution >= 0.6 is 0 Å². The Kier molecular flexibility index (Phi) is 4.54. The molecular formula is H2O4RhSe. The molecule has 2 N–H and O–H groups in total. The fourth-order valence-corrected chi connectivity index (χ4v) is 0. The molecule has 0 aliphatic rings. The van der Waals surface area contributed by atoms with Gasteiger partial charge in [-0.3, -0.25) is 0 Å². The molecule has 0 aromatic carbocycles. The summed E-state index contributed by atoms with van der Waals surface area (Å²) in [6.45, 7) is 0. The van der Waals surface area contributed by atoms with Gasteiger partial charge in [0.2, 0.25) is 0 Å². The monoisotopic (exact) mass is 249 g/mol. The summed E-state index contributed by atoms with van der Waals surface area (Å²) in [4.78, 5) is 0. The normalized spacial score (nSPS) is 9.67. The summed E-state index contributed by atoms with van der Waals surface area (Å²) in [7, 11) is 0. The standard InChI is InChI=1S/H2O4Se.Rh/c1-5(2,3)4;/h(H2,1,2,3,4);. The Morgan fingerprint density at radius 3 is 1.17 bits per heavy atom. The van der Waals surface area contributed by atoms with Crippen molar-refractivity contribution in [3.63, 3.8) is 0 Å². The SMILES string of the molecule is O=[Se](=O)(O)O.[Rh]. The van der Waals surface area contributed by atoms with Gasteiger partial charge in [-0.05, 0) is 0 Å². The van der Waals surface area contributed by atoms with Crippen LogP contribution in [-0.2, 0) is 27.1 Å². The quantitative estimate of drug-likeness (QED) is 0.499. The van der Waals surface area contributed by atoms with Crippen LogP contribution in [0.3, 0.4) is 0 Å². The van der Waals surface area contributed by atoms with Crippen molar-refractivity contribution >= 4 is 13.4 Å². The Morgan fingerprint density at radius 1 is 1.17 bits per heavy atom. The molecule has 0 saturated carbocycles. The first-order chi connectivity index (χ1) is 2.00. The summed E-state index contributed by atoms with van der Waals surface area (Å²) < 4.78 is 31.9. The molecule has 0 amide bonds. The van der Waals surface area contributed by atoms with Crippen LogP contribution in [0.1, 0.15) is 0 Å². The number of rotatable bonds is 0. The number of hydrogen-bond acceptors (Lipinski definition) is 2. The molecule has 41 valence electrons. The van der Waals surface area contributed by atoms with E-state index < -0.39 is 13.4 Å². The van der Waals surface area contributed by atoms with Gasteiger partial charge in [0.15, 0.2) is 0 Å². The molecule has 0 atom stereocenters. The minimum Gasteiger partial charge on any atom is 0 e. The maximum absolute atomic E-state index is 8.82. The topological polar surface area (TPSA) is 74.6 Å². The Labute approximate surface area is 49.2 Å². The van der Waals surface area contributed by atoms with Gasteiger partial charge in [-0.2, -0.15) is 0 Å². The smallest absolute Gasteiger partial charge is 0 e. The molecule has 0 aromatic rings. The van der Waals surface area contributed by atoms with Gasteiger partial charge < -0.3 is 0 Å². The van der Waals surface area contributed by atoms with Crippen LogP contribution in [-0.4, -0.2) is 21.7 Å². The summed E-state index contributed by atoms with van der Waals surface area (Å²) in [5.74, 6) is 0. The molecule has 0 unspecified atom stereocenters. The van der Waals surface area contributed by atoms with Gasteiger partial charge in [0, 0.05) is 19.5 Å². The van der Waals surface area contributed by atoms with E-state index in [0.29, 0.717) is 0 Å². The average Bonchev–Trinajstić information content (AvgIpc) is 0.722. The molecule has 0 spiro atoms. The van der Waals surface area contributed by atoms with E-state index in [0.717, 1.165) is 0 Å². The second-order valence-electron chi connectivity index (χ2n) is 0.448. The molecule has 4 nitrogen and oxygen atoms in total. The van der Waals surface area contributed by atoms with E-state index in [4.69, 9.17) is 16.0 Å². The molecular weight excluding hydrogens is 246 g/mol. The molecule has 0 aliphatic heterocycles. The first kappa shape index (κ1) is 9.83. The van der Waals surface area contributed by atoms with Crippen molar-refractivity contribution in [2.75, 3.05) is 0 Å². The summed E-state index contributed by atoms with van der Waals surface area (Å²) in [6.07, 6.45) is 0. The van der Waals surface area contributed by atoms with E-state index in [9.17, 15) is 0 Å². The Bertz CT molecular complexity index is 90.7. The first-order valence-electron chi connectivity index (χ1n) is 0.698. The Balaban J connectivity index is 0. The summed E-state index contributed by atoms with van der Waals surface area (Å²) in [5, 5.41) is 0. The van der Waals surface area contributed by atoms with Crippen LogP contribution < -0.4 is 0 Å². The van der Waals surface area contributed by atoms with Crippen molar-refractivity contribution in [3.05, 3.63) is 0 Å². The number of hydrogen-bond donors (Lipinski definition) is 2. The molecule has 0 bridgehead atoms. The zero-order chi connectivity index (χ0) is 4.50. The van der Waals surface area contributed by atoms with Crippen LogP contribution in [0.4, 0.5) is 0 Å². The second-order valence-corrected chi connectivity index (χ2v) is 2.33. The summed E-state index contributed by atoms with van der Waals surface area (Å²) in [6, 6.07) is 0. The van der Waals surface area contributed by atoms with Crippen LogP contribution in [0.15, 0.2) is 0 Å². The second kappa shape index (κ2) is 2.77. The van der Waals surface area contributed by atoms with Crippen LogP contribution in [0, 0.1) is 0 Å². The molecule has 0 aliphatic carbocycles. The molecule has 0 rings (SSSR count). The molecule has 0 aromatic heterocycles. The van der Waals surface area contributed by atoms with E-state index in [-0.39, 0.29) is 19.5 Å². The zero-order valence-corrected chi connectivity index (χ0v) is 5.80. The third kappa shape index (κ3) is 142.